The van der Waals surface area contributed by atoms with Gasteiger partial charge in [0.2, 0.25) is 6.79 Å². The summed E-state index contributed by atoms with van der Waals surface area (Å²) in [4.78, 5) is 24.6. The van der Waals surface area contributed by atoms with Gasteiger partial charge in [-0.15, -0.1) is 0 Å². The van der Waals surface area contributed by atoms with E-state index in [1.165, 1.54) is 19.1 Å². The SMILES string of the molecule is CC(=O)OCOC(=O)[C@@H](N)Cc1ccc(N=[N+]=[N-])cc1.Cc1ccc(S(=O)(=O)O)cc1. The number of carbonyl (C=O) groups excluding carboxylic acids is 2. The van der Waals surface area contributed by atoms with Crippen LogP contribution >= 0.6 is 0 Å². The van der Waals surface area contributed by atoms with E-state index in [-0.39, 0.29) is 11.3 Å². The summed E-state index contributed by atoms with van der Waals surface area (Å²) in [6.45, 7) is 2.60. The molecule has 2 aromatic rings. The summed E-state index contributed by atoms with van der Waals surface area (Å²) >= 11 is 0. The van der Waals surface area contributed by atoms with E-state index in [2.05, 4.69) is 19.5 Å². The molecule has 166 valence electrons. The van der Waals surface area contributed by atoms with Crippen LogP contribution < -0.4 is 5.73 Å². The monoisotopic (exact) mass is 450 g/mol. The van der Waals surface area contributed by atoms with Crippen molar-refractivity contribution in [1.29, 1.82) is 0 Å². The molecule has 0 radical (unpaired) electrons. The fraction of sp³-hybridized carbons (Fsp3) is 0.263. The summed E-state index contributed by atoms with van der Waals surface area (Å²) in [5.41, 5.74) is 16.2. The van der Waals surface area contributed by atoms with Gasteiger partial charge in [-0.25, -0.2) is 0 Å². The van der Waals surface area contributed by atoms with Crippen molar-refractivity contribution in [2.45, 2.75) is 31.2 Å². The Morgan fingerprint density at radius 1 is 1.13 bits per heavy atom. The third-order valence-corrected chi connectivity index (χ3v) is 4.50. The standard InChI is InChI=1S/C12H14N4O4.C7H8O3S/c1-8(17)19-7-20-12(18)11(13)6-9-2-4-10(5-3-9)15-16-14;1-6-2-4-7(5-3-6)11(8,9)10/h2-5,11H,6-7,13H2,1H3;2-5H,1H3,(H,8,9,10)/t11-;/m0./s1. The van der Waals surface area contributed by atoms with Gasteiger partial charge in [-0.1, -0.05) is 47.1 Å². The van der Waals surface area contributed by atoms with Crippen LogP contribution in [0.15, 0.2) is 58.5 Å². The maximum atomic E-state index is 11.5. The maximum absolute atomic E-state index is 11.5. The molecule has 12 heteroatoms. The molecule has 0 fully saturated rings. The van der Waals surface area contributed by atoms with Crippen LogP contribution in [0.5, 0.6) is 0 Å². The fourth-order valence-electron chi connectivity index (χ4n) is 2.08. The van der Waals surface area contributed by atoms with Crippen molar-refractivity contribution in [3.8, 4) is 0 Å². The molecule has 3 N–H and O–H groups in total. The topological polar surface area (TPSA) is 182 Å². The summed E-state index contributed by atoms with van der Waals surface area (Å²) < 4.78 is 38.7. The lowest BCUT2D eigenvalue weighted by molar-refractivity contribution is -0.166. The van der Waals surface area contributed by atoms with Crippen LogP contribution in [0.3, 0.4) is 0 Å². The highest BCUT2D eigenvalue weighted by Gasteiger charge is 2.16. The van der Waals surface area contributed by atoms with E-state index < -0.39 is 34.9 Å². The van der Waals surface area contributed by atoms with Crippen LogP contribution in [0, 0.1) is 6.92 Å². The first-order valence-electron chi connectivity index (χ1n) is 8.76. The second-order valence-corrected chi connectivity index (χ2v) is 7.59. The summed E-state index contributed by atoms with van der Waals surface area (Å²) in [5.74, 6) is -1.20. The van der Waals surface area contributed by atoms with Gasteiger partial charge >= 0.3 is 11.9 Å². The zero-order valence-electron chi connectivity index (χ0n) is 16.8. The molecule has 0 saturated heterocycles. The number of hydrogen-bond acceptors (Lipinski definition) is 8. The first-order valence-corrected chi connectivity index (χ1v) is 10.2. The van der Waals surface area contributed by atoms with Gasteiger partial charge in [0.1, 0.15) is 6.04 Å². The van der Waals surface area contributed by atoms with E-state index in [0.29, 0.717) is 5.69 Å². The van der Waals surface area contributed by atoms with Crippen molar-refractivity contribution >= 4 is 27.7 Å². The highest BCUT2D eigenvalue weighted by atomic mass is 32.2. The average Bonchev–Trinajstić information content (AvgIpc) is 2.69. The molecule has 0 aliphatic heterocycles. The number of ether oxygens (including phenoxy) is 2. The molecule has 0 unspecified atom stereocenters. The van der Waals surface area contributed by atoms with Crippen LogP contribution in [0.4, 0.5) is 5.69 Å². The van der Waals surface area contributed by atoms with Gasteiger partial charge in [0.05, 0.1) is 4.90 Å². The second kappa shape index (κ2) is 12.3. The molecule has 0 aliphatic rings. The summed E-state index contributed by atoms with van der Waals surface area (Å²) in [7, 11) is -4.02. The quantitative estimate of drug-likeness (QED) is 0.161. The molecular weight excluding hydrogens is 428 g/mol. The average molecular weight is 450 g/mol. The molecular formula is C19H22N4O7S. The van der Waals surface area contributed by atoms with Crippen molar-refractivity contribution in [2.24, 2.45) is 10.8 Å². The van der Waals surface area contributed by atoms with Crippen molar-refractivity contribution in [2.75, 3.05) is 6.79 Å². The number of esters is 2. The number of carbonyl (C=O) groups is 2. The number of aryl methyl sites for hydroxylation is 1. The normalized spacial score (nSPS) is 11.2. The van der Waals surface area contributed by atoms with Gasteiger partial charge in [-0.2, -0.15) is 8.42 Å². The minimum Gasteiger partial charge on any atom is -0.428 e. The highest BCUT2D eigenvalue weighted by Crippen LogP contribution is 2.14. The lowest BCUT2D eigenvalue weighted by Crippen LogP contribution is -2.35. The Labute approximate surface area is 179 Å². The predicted molar refractivity (Wildman–Crippen MR) is 111 cm³/mol. The molecule has 0 spiro atoms. The summed E-state index contributed by atoms with van der Waals surface area (Å²) in [6, 6.07) is 11.8. The third-order valence-electron chi connectivity index (χ3n) is 3.64. The predicted octanol–water partition coefficient (Wildman–Crippen LogP) is 2.80. The first-order chi connectivity index (χ1) is 14.5. The lowest BCUT2D eigenvalue weighted by atomic mass is 10.1. The second-order valence-electron chi connectivity index (χ2n) is 6.17. The molecule has 2 rings (SSSR count). The maximum Gasteiger partial charge on any atom is 0.326 e. The van der Waals surface area contributed by atoms with Gasteiger partial charge in [0.15, 0.2) is 0 Å². The molecule has 0 bridgehead atoms. The molecule has 0 aromatic heterocycles. The molecule has 11 nitrogen and oxygen atoms in total. The fourth-order valence-corrected chi connectivity index (χ4v) is 2.56. The third kappa shape index (κ3) is 10.2. The zero-order valence-corrected chi connectivity index (χ0v) is 17.7. The number of nitrogens with two attached hydrogens (primary N) is 1. The molecule has 31 heavy (non-hydrogen) atoms. The van der Waals surface area contributed by atoms with E-state index in [1.54, 1.807) is 36.4 Å². The number of rotatable bonds is 7. The lowest BCUT2D eigenvalue weighted by Gasteiger charge is -2.11. The molecule has 2 aromatic carbocycles. The Bertz CT molecular complexity index is 1030. The highest BCUT2D eigenvalue weighted by molar-refractivity contribution is 7.85. The smallest absolute Gasteiger partial charge is 0.326 e. The number of hydrogen-bond donors (Lipinski definition) is 2. The molecule has 0 aliphatic carbocycles. The Morgan fingerprint density at radius 3 is 2.19 bits per heavy atom. The van der Waals surface area contributed by atoms with Crippen LogP contribution in [0.2, 0.25) is 0 Å². The number of azide groups is 1. The summed E-state index contributed by atoms with van der Waals surface area (Å²) in [5, 5.41) is 3.43. The zero-order chi connectivity index (χ0) is 23.4. The van der Waals surface area contributed by atoms with Gasteiger partial charge in [0, 0.05) is 17.5 Å². The Balaban J connectivity index is 0.000000367. The van der Waals surface area contributed by atoms with Crippen LogP contribution in [0.1, 0.15) is 18.1 Å². The van der Waals surface area contributed by atoms with E-state index in [9.17, 15) is 18.0 Å². The molecule has 0 amide bonds. The Hall–Kier alpha value is -3.44. The van der Waals surface area contributed by atoms with Gasteiger partial charge < -0.3 is 15.2 Å². The van der Waals surface area contributed by atoms with E-state index >= 15 is 0 Å². The van der Waals surface area contributed by atoms with Crippen LogP contribution in [-0.2, 0) is 35.6 Å². The van der Waals surface area contributed by atoms with Crippen molar-refractivity contribution in [3.05, 3.63) is 70.1 Å². The van der Waals surface area contributed by atoms with Crippen molar-refractivity contribution < 1.29 is 32.0 Å². The molecule has 0 heterocycles. The van der Waals surface area contributed by atoms with Gasteiger partial charge in [-0.05, 0) is 36.6 Å². The van der Waals surface area contributed by atoms with Gasteiger partial charge in [0.25, 0.3) is 10.1 Å². The minimum atomic E-state index is -4.02. The summed E-state index contributed by atoms with van der Waals surface area (Å²) in [6.07, 6.45) is 0.259. The molecule has 0 saturated carbocycles. The van der Waals surface area contributed by atoms with Crippen LogP contribution in [0.25, 0.3) is 10.4 Å². The number of nitrogens with zero attached hydrogens (tertiary/aromatic N) is 3. The number of benzene rings is 2. The van der Waals surface area contributed by atoms with Crippen molar-refractivity contribution in [1.82, 2.24) is 0 Å². The Kier molecular flexibility index (Phi) is 10.2. The van der Waals surface area contributed by atoms with Crippen LogP contribution in [-0.4, -0.2) is 37.7 Å². The molecule has 1 atom stereocenters. The Morgan fingerprint density at radius 2 is 1.71 bits per heavy atom. The van der Waals surface area contributed by atoms with E-state index in [0.717, 1.165) is 11.1 Å². The minimum absolute atomic E-state index is 0.0666. The van der Waals surface area contributed by atoms with E-state index in [1.807, 2.05) is 6.92 Å². The largest absolute Gasteiger partial charge is 0.428 e. The van der Waals surface area contributed by atoms with Crippen molar-refractivity contribution in [3.63, 3.8) is 0 Å². The first kappa shape index (κ1) is 25.6. The van der Waals surface area contributed by atoms with Gasteiger partial charge in [-0.3, -0.25) is 14.1 Å². The van der Waals surface area contributed by atoms with E-state index in [4.69, 9.17) is 15.8 Å².